The molecule has 15 heteroatoms. The van der Waals surface area contributed by atoms with Gasteiger partial charge in [-0.05, 0) is 29.7 Å². The number of esters is 1. The monoisotopic (exact) mass is 583 g/mol. The predicted molar refractivity (Wildman–Crippen MR) is 142 cm³/mol. The van der Waals surface area contributed by atoms with Crippen molar-refractivity contribution in [2.75, 3.05) is 0 Å². The Morgan fingerprint density at radius 1 is 1.15 bits per heavy atom. The molecule has 0 saturated heterocycles. The number of nitrogens with one attached hydrogen (secondary N) is 1. The van der Waals surface area contributed by atoms with Crippen LogP contribution < -0.4 is 21.5 Å². The van der Waals surface area contributed by atoms with Crippen molar-refractivity contribution in [3.8, 4) is 23.4 Å². The fraction of sp³-hybridized carbons (Fsp3) is 0.200. The highest BCUT2D eigenvalue weighted by atomic mass is 35.5. The number of aromatic nitrogens is 6. The highest BCUT2D eigenvalue weighted by Crippen LogP contribution is 2.37. The van der Waals surface area contributed by atoms with Crippen molar-refractivity contribution in [3.05, 3.63) is 101 Å². The van der Waals surface area contributed by atoms with Crippen LogP contribution in [0.2, 0.25) is 10.0 Å². The van der Waals surface area contributed by atoms with Crippen molar-refractivity contribution in [1.82, 2.24) is 29.5 Å². The van der Waals surface area contributed by atoms with Gasteiger partial charge in [-0.1, -0.05) is 43.1 Å². The van der Waals surface area contributed by atoms with Gasteiger partial charge < -0.3 is 9.47 Å². The van der Waals surface area contributed by atoms with Crippen LogP contribution in [0.5, 0.6) is 11.6 Å². The largest absolute Gasteiger partial charge is 0.442 e. The van der Waals surface area contributed by atoms with E-state index in [9.17, 15) is 19.2 Å². The maximum absolute atomic E-state index is 12.9. The van der Waals surface area contributed by atoms with Gasteiger partial charge in [0, 0.05) is 24.0 Å². The van der Waals surface area contributed by atoms with Crippen LogP contribution >= 0.6 is 23.2 Å². The fourth-order valence-electron chi connectivity index (χ4n) is 3.46. The molecule has 0 radical (unpaired) electrons. The molecule has 3 heterocycles. The number of halogens is 2. The van der Waals surface area contributed by atoms with Crippen molar-refractivity contribution in [2.45, 2.75) is 32.9 Å². The minimum Gasteiger partial charge on any atom is -0.442 e. The zero-order chi connectivity index (χ0) is 29.0. The van der Waals surface area contributed by atoms with E-state index >= 15 is 0 Å². The van der Waals surface area contributed by atoms with E-state index in [2.05, 4.69) is 15.2 Å². The van der Waals surface area contributed by atoms with Gasteiger partial charge in [0.25, 0.3) is 11.1 Å². The highest BCUT2D eigenvalue weighted by molar-refractivity contribution is 6.37. The summed E-state index contributed by atoms with van der Waals surface area (Å²) in [6.45, 7) is 3.11. The molecule has 0 aliphatic rings. The van der Waals surface area contributed by atoms with Crippen LogP contribution in [0.25, 0.3) is 5.69 Å². The molecule has 40 heavy (non-hydrogen) atoms. The molecule has 0 amide bonds. The number of ether oxygens (including phenoxy) is 2. The number of carbonyl (C=O) groups excluding carboxylic acids is 1. The van der Waals surface area contributed by atoms with Crippen LogP contribution in [0.1, 0.15) is 36.6 Å². The van der Waals surface area contributed by atoms with Crippen LogP contribution in [0.15, 0.2) is 57.1 Å². The van der Waals surface area contributed by atoms with Gasteiger partial charge in [0.1, 0.15) is 6.07 Å². The second kappa shape index (κ2) is 11.9. The smallest absolute Gasteiger partial charge is 0.349 e. The summed E-state index contributed by atoms with van der Waals surface area (Å²) in [5.41, 5.74) is -1.87. The number of nitriles is 1. The van der Waals surface area contributed by atoms with Crippen LogP contribution in [0.3, 0.4) is 0 Å². The number of carbonyl (C=O) groups is 1. The van der Waals surface area contributed by atoms with Crippen LogP contribution in [0, 0.1) is 11.3 Å². The summed E-state index contributed by atoms with van der Waals surface area (Å²) in [4.78, 5) is 55.0. The lowest BCUT2D eigenvalue weighted by Gasteiger charge is -2.15. The number of aromatic amines is 1. The first kappa shape index (κ1) is 28.2. The van der Waals surface area contributed by atoms with Crippen molar-refractivity contribution in [2.24, 2.45) is 0 Å². The second-order valence-corrected chi connectivity index (χ2v) is 9.37. The van der Waals surface area contributed by atoms with Gasteiger partial charge in [-0.25, -0.2) is 4.79 Å². The topological polar surface area (TPSA) is 175 Å². The lowest BCUT2D eigenvalue weighted by Crippen LogP contribution is -2.33. The van der Waals surface area contributed by atoms with E-state index in [-0.39, 0.29) is 39.7 Å². The van der Waals surface area contributed by atoms with Crippen molar-refractivity contribution in [1.29, 1.82) is 5.26 Å². The zero-order valence-corrected chi connectivity index (χ0v) is 22.4. The molecule has 13 nitrogen and oxygen atoms in total. The van der Waals surface area contributed by atoms with Gasteiger partial charge in [0.05, 0.1) is 22.2 Å². The Hall–Kier alpha value is -4.80. The van der Waals surface area contributed by atoms with Gasteiger partial charge in [0.2, 0.25) is 11.6 Å². The van der Waals surface area contributed by atoms with E-state index in [1.807, 2.05) is 4.98 Å². The number of rotatable bonds is 8. The molecule has 0 aliphatic carbocycles. The first-order valence-corrected chi connectivity index (χ1v) is 12.3. The molecule has 4 rings (SSSR count). The predicted octanol–water partition coefficient (Wildman–Crippen LogP) is 2.71. The van der Waals surface area contributed by atoms with E-state index in [0.717, 1.165) is 9.36 Å². The van der Waals surface area contributed by atoms with Gasteiger partial charge in [-0.2, -0.15) is 14.6 Å². The van der Waals surface area contributed by atoms with E-state index in [0.29, 0.717) is 11.1 Å². The number of nitrogens with zero attached hydrogens (tertiary/aromatic N) is 6. The minimum atomic E-state index is -0.939. The summed E-state index contributed by atoms with van der Waals surface area (Å²) in [6.07, 6.45) is 3.06. The standard InChI is InChI=1S/C25H19Cl2N7O6/c1-13(2)16-9-20(32-33(24(16)37)12-39-21(35)6-14-4-3-5-29-11-14)40-22-17(26)7-15(8-18(22)27)34-25(38)30-23(36)19(10-28)31-34/h3-5,7-9,11,13H,6,12H2,1-2H3,(H,30,36,38). The Kier molecular flexibility index (Phi) is 8.42. The molecule has 0 aliphatic heterocycles. The van der Waals surface area contributed by atoms with Crippen molar-refractivity contribution >= 4 is 29.2 Å². The van der Waals surface area contributed by atoms with Gasteiger partial charge in [-0.3, -0.25) is 24.4 Å². The number of hydrogen-bond acceptors (Lipinski definition) is 10. The molecule has 0 fully saturated rings. The number of benzene rings is 1. The summed E-state index contributed by atoms with van der Waals surface area (Å²) in [5, 5.41) is 16.8. The molecular weight excluding hydrogens is 565 g/mol. The molecule has 3 aromatic heterocycles. The maximum Gasteiger partial charge on any atom is 0.349 e. The summed E-state index contributed by atoms with van der Waals surface area (Å²) in [7, 11) is 0. The van der Waals surface area contributed by atoms with E-state index in [1.54, 1.807) is 38.2 Å². The van der Waals surface area contributed by atoms with Gasteiger partial charge in [0.15, 0.2) is 12.5 Å². The SMILES string of the molecule is CC(C)c1cc(Oc2c(Cl)cc(-n3nc(C#N)c(=O)[nH]c3=O)cc2Cl)nn(COC(=O)Cc2cccnc2)c1=O. The Morgan fingerprint density at radius 3 is 2.50 bits per heavy atom. The lowest BCUT2D eigenvalue weighted by atomic mass is 10.1. The molecule has 0 bridgehead atoms. The molecule has 0 saturated carbocycles. The van der Waals surface area contributed by atoms with Crippen molar-refractivity contribution < 1.29 is 14.3 Å². The fourth-order valence-corrected chi connectivity index (χ4v) is 4.01. The molecule has 0 unspecified atom stereocenters. The molecule has 0 atom stereocenters. The first-order chi connectivity index (χ1) is 19.1. The normalized spacial score (nSPS) is 10.8. The Labute approximate surface area is 235 Å². The van der Waals surface area contributed by atoms with Crippen LogP contribution in [-0.2, 0) is 22.7 Å². The molecule has 1 N–H and O–H groups in total. The molecule has 1 aromatic carbocycles. The second-order valence-electron chi connectivity index (χ2n) is 8.55. The minimum absolute atomic E-state index is 0.0430. The number of H-pyrrole nitrogens is 1. The van der Waals surface area contributed by atoms with Crippen molar-refractivity contribution in [3.63, 3.8) is 0 Å². The molecule has 204 valence electrons. The third-order valence-corrected chi connectivity index (χ3v) is 5.95. The van der Waals surface area contributed by atoms with Crippen LogP contribution in [0.4, 0.5) is 0 Å². The average molecular weight is 584 g/mol. The average Bonchev–Trinajstić information content (AvgIpc) is 2.91. The number of pyridine rings is 1. The van der Waals surface area contributed by atoms with E-state index in [1.165, 1.54) is 24.4 Å². The quantitative estimate of drug-likeness (QED) is 0.303. The molecule has 0 spiro atoms. The third-order valence-electron chi connectivity index (χ3n) is 5.39. The van der Waals surface area contributed by atoms with Gasteiger partial charge >= 0.3 is 11.7 Å². The Bertz CT molecular complexity index is 1790. The maximum atomic E-state index is 12.9. The molecular formula is C25H19Cl2N7O6. The Morgan fingerprint density at radius 2 is 1.88 bits per heavy atom. The summed E-state index contributed by atoms with van der Waals surface area (Å²) >= 11 is 12.8. The Balaban J connectivity index is 1.63. The number of hydrogen-bond donors (Lipinski definition) is 1. The summed E-state index contributed by atoms with van der Waals surface area (Å²) in [6, 6.07) is 8.95. The van der Waals surface area contributed by atoms with E-state index < -0.39 is 35.2 Å². The summed E-state index contributed by atoms with van der Waals surface area (Å²) < 4.78 is 12.7. The molecule has 4 aromatic rings. The van der Waals surface area contributed by atoms with Gasteiger partial charge in [-0.15, -0.1) is 10.2 Å². The lowest BCUT2D eigenvalue weighted by molar-refractivity contribution is -0.147. The zero-order valence-electron chi connectivity index (χ0n) is 20.9. The highest BCUT2D eigenvalue weighted by Gasteiger charge is 2.19. The first-order valence-electron chi connectivity index (χ1n) is 11.5. The van der Waals surface area contributed by atoms with E-state index in [4.69, 9.17) is 37.9 Å². The van der Waals surface area contributed by atoms with Crippen LogP contribution in [-0.4, -0.2) is 35.5 Å². The third kappa shape index (κ3) is 6.25. The summed E-state index contributed by atoms with van der Waals surface area (Å²) in [5.74, 6) is -0.970.